The summed E-state index contributed by atoms with van der Waals surface area (Å²) in [6.07, 6.45) is 1.00. The summed E-state index contributed by atoms with van der Waals surface area (Å²) in [6.45, 7) is 9.73. The molecular formula is C12H22N2O2. The third kappa shape index (κ3) is 2.17. The minimum Gasteiger partial charge on any atom is -0.444 e. The molecule has 2 rings (SSSR count). The minimum atomic E-state index is -0.401. The lowest BCUT2D eigenvalue weighted by Crippen LogP contribution is -2.41. The zero-order valence-corrected chi connectivity index (χ0v) is 10.6. The quantitative estimate of drug-likeness (QED) is 0.682. The monoisotopic (exact) mass is 226 g/mol. The standard InChI is InChI=1S/C12H22N2O2/c1-8-9-5-6-13-10(9)7-14(8)11(15)16-12(2,3)4/h8-10,13H,5-7H2,1-4H3/t8-,9+,10-/m0/s1. The third-order valence-electron chi connectivity index (χ3n) is 3.53. The zero-order chi connectivity index (χ0) is 11.9. The lowest BCUT2D eigenvalue weighted by atomic mass is 9.98. The number of amides is 1. The van der Waals surface area contributed by atoms with E-state index in [0.29, 0.717) is 18.0 Å². The first-order chi connectivity index (χ1) is 7.38. The molecule has 2 aliphatic heterocycles. The second kappa shape index (κ2) is 3.91. The van der Waals surface area contributed by atoms with Crippen LogP contribution in [0.5, 0.6) is 0 Å². The molecule has 2 aliphatic rings. The average Bonchev–Trinajstić information content (AvgIpc) is 2.66. The molecule has 3 atom stereocenters. The van der Waals surface area contributed by atoms with Crippen LogP contribution in [0.25, 0.3) is 0 Å². The van der Waals surface area contributed by atoms with Gasteiger partial charge in [0, 0.05) is 18.6 Å². The first kappa shape index (κ1) is 11.7. The van der Waals surface area contributed by atoms with Gasteiger partial charge in [0.05, 0.1) is 0 Å². The number of rotatable bonds is 0. The van der Waals surface area contributed by atoms with E-state index in [-0.39, 0.29) is 6.09 Å². The van der Waals surface area contributed by atoms with Crippen LogP contribution >= 0.6 is 0 Å². The average molecular weight is 226 g/mol. The van der Waals surface area contributed by atoms with Crippen LogP contribution < -0.4 is 5.32 Å². The number of hydrogen-bond donors (Lipinski definition) is 1. The predicted molar refractivity (Wildman–Crippen MR) is 62.3 cm³/mol. The molecule has 0 aromatic rings. The van der Waals surface area contributed by atoms with Crippen LogP contribution in [0.2, 0.25) is 0 Å². The second-order valence-corrected chi connectivity index (χ2v) is 5.89. The number of nitrogens with zero attached hydrogens (tertiary/aromatic N) is 1. The first-order valence-electron chi connectivity index (χ1n) is 6.11. The van der Waals surface area contributed by atoms with Gasteiger partial charge < -0.3 is 15.0 Å². The van der Waals surface area contributed by atoms with Crippen LogP contribution in [0.1, 0.15) is 34.1 Å². The molecule has 0 radical (unpaired) electrons. The highest BCUT2D eigenvalue weighted by atomic mass is 16.6. The van der Waals surface area contributed by atoms with Crippen molar-refractivity contribution in [2.75, 3.05) is 13.1 Å². The summed E-state index contributed by atoms with van der Waals surface area (Å²) in [5.74, 6) is 0.604. The van der Waals surface area contributed by atoms with Gasteiger partial charge in [-0.3, -0.25) is 0 Å². The number of carbonyl (C=O) groups excluding carboxylic acids is 1. The fourth-order valence-corrected chi connectivity index (χ4v) is 2.74. The van der Waals surface area contributed by atoms with Crippen molar-refractivity contribution >= 4 is 6.09 Å². The molecule has 0 bridgehead atoms. The SMILES string of the molecule is C[C@H]1[C@H]2CCN[C@H]2CN1C(=O)OC(C)(C)C. The largest absolute Gasteiger partial charge is 0.444 e. The van der Waals surface area contributed by atoms with Gasteiger partial charge in [-0.1, -0.05) is 0 Å². The summed E-state index contributed by atoms with van der Waals surface area (Å²) in [7, 11) is 0. The van der Waals surface area contributed by atoms with E-state index in [1.54, 1.807) is 0 Å². The lowest BCUT2D eigenvalue weighted by molar-refractivity contribution is 0.0218. The molecule has 0 aromatic heterocycles. The molecule has 0 aliphatic carbocycles. The third-order valence-corrected chi connectivity index (χ3v) is 3.53. The van der Waals surface area contributed by atoms with Gasteiger partial charge in [0.25, 0.3) is 0 Å². The number of likely N-dealkylation sites (tertiary alicyclic amines) is 1. The summed E-state index contributed by atoms with van der Waals surface area (Å²) in [5, 5.41) is 3.45. The van der Waals surface area contributed by atoms with Crippen LogP contribution in [0.3, 0.4) is 0 Å². The van der Waals surface area contributed by atoms with Crippen molar-refractivity contribution in [3.8, 4) is 0 Å². The van der Waals surface area contributed by atoms with Gasteiger partial charge in [0.15, 0.2) is 0 Å². The van der Waals surface area contributed by atoms with Crippen molar-refractivity contribution in [1.82, 2.24) is 10.2 Å². The Morgan fingerprint density at radius 1 is 1.44 bits per heavy atom. The molecule has 0 unspecified atom stereocenters. The van der Waals surface area contributed by atoms with E-state index >= 15 is 0 Å². The van der Waals surface area contributed by atoms with Gasteiger partial charge in [0.1, 0.15) is 5.60 Å². The molecule has 4 nitrogen and oxygen atoms in total. The number of nitrogens with one attached hydrogen (secondary N) is 1. The van der Waals surface area contributed by atoms with E-state index in [2.05, 4.69) is 12.2 Å². The predicted octanol–water partition coefficient (Wildman–Crippen LogP) is 1.60. The van der Waals surface area contributed by atoms with E-state index in [4.69, 9.17) is 4.74 Å². The number of hydrogen-bond acceptors (Lipinski definition) is 3. The molecule has 16 heavy (non-hydrogen) atoms. The lowest BCUT2D eigenvalue weighted by Gasteiger charge is -2.28. The van der Waals surface area contributed by atoms with Crippen LogP contribution in [-0.2, 0) is 4.74 Å². The summed E-state index contributed by atoms with van der Waals surface area (Å²) < 4.78 is 5.42. The van der Waals surface area contributed by atoms with E-state index in [0.717, 1.165) is 13.1 Å². The van der Waals surface area contributed by atoms with Gasteiger partial charge in [-0.25, -0.2) is 4.79 Å². The van der Waals surface area contributed by atoms with Gasteiger partial charge >= 0.3 is 6.09 Å². The molecular weight excluding hydrogens is 204 g/mol. The van der Waals surface area contributed by atoms with E-state index in [9.17, 15) is 4.79 Å². The highest BCUT2D eigenvalue weighted by molar-refractivity contribution is 5.69. The maximum absolute atomic E-state index is 12.0. The zero-order valence-electron chi connectivity index (χ0n) is 10.6. The van der Waals surface area contributed by atoms with Crippen LogP contribution in [0.4, 0.5) is 4.79 Å². The van der Waals surface area contributed by atoms with Gasteiger partial charge in [-0.2, -0.15) is 0 Å². The summed E-state index contributed by atoms with van der Waals surface area (Å²) in [6, 6.07) is 0.775. The second-order valence-electron chi connectivity index (χ2n) is 5.89. The Morgan fingerprint density at radius 2 is 2.12 bits per heavy atom. The highest BCUT2D eigenvalue weighted by Gasteiger charge is 2.44. The molecule has 1 N–H and O–H groups in total. The van der Waals surface area contributed by atoms with Gasteiger partial charge in [-0.05, 0) is 46.6 Å². The molecule has 2 saturated heterocycles. The first-order valence-corrected chi connectivity index (χ1v) is 6.11. The van der Waals surface area contributed by atoms with Crippen molar-refractivity contribution in [3.05, 3.63) is 0 Å². The van der Waals surface area contributed by atoms with E-state index in [1.807, 2.05) is 25.7 Å². The Labute approximate surface area is 97.3 Å². The molecule has 0 aromatic carbocycles. The summed E-state index contributed by atoms with van der Waals surface area (Å²) in [4.78, 5) is 13.8. The van der Waals surface area contributed by atoms with E-state index in [1.165, 1.54) is 6.42 Å². The fraction of sp³-hybridized carbons (Fsp3) is 0.917. The van der Waals surface area contributed by atoms with Gasteiger partial charge in [-0.15, -0.1) is 0 Å². The Bertz CT molecular complexity index is 285. The highest BCUT2D eigenvalue weighted by Crippen LogP contribution is 2.31. The number of ether oxygens (including phenoxy) is 1. The van der Waals surface area contributed by atoms with Crippen molar-refractivity contribution in [2.24, 2.45) is 5.92 Å². The number of carbonyl (C=O) groups is 1. The molecule has 1 amide bonds. The van der Waals surface area contributed by atoms with Crippen molar-refractivity contribution in [2.45, 2.75) is 51.8 Å². The van der Waals surface area contributed by atoms with Gasteiger partial charge in [0.2, 0.25) is 0 Å². The molecule has 0 spiro atoms. The fourth-order valence-electron chi connectivity index (χ4n) is 2.74. The van der Waals surface area contributed by atoms with Crippen molar-refractivity contribution in [1.29, 1.82) is 0 Å². The van der Waals surface area contributed by atoms with Crippen molar-refractivity contribution in [3.63, 3.8) is 0 Å². The van der Waals surface area contributed by atoms with E-state index < -0.39 is 5.60 Å². The Balaban J connectivity index is 1.99. The maximum Gasteiger partial charge on any atom is 0.410 e. The Kier molecular flexibility index (Phi) is 2.86. The molecule has 92 valence electrons. The minimum absolute atomic E-state index is 0.170. The maximum atomic E-state index is 12.0. The summed E-state index contributed by atoms with van der Waals surface area (Å²) >= 11 is 0. The topological polar surface area (TPSA) is 41.6 Å². The number of fused-ring (bicyclic) bond motifs is 1. The smallest absolute Gasteiger partial charge is 0.410 e. The normalized spacial score (nSPS) is 34.0. The van der Waals surface area contributed by atoms with Crippen molar-refractivity contribution < 1.29 is 9.53 Å². The molecule has 4 heteroatoms. The molecule has 0 saturated carbocycles. The molecule has 2 fully saturated rings. The summed E-state index contributed by atoms with van der Waals surface area (Å²) in [5.41, 5.74) is -0.401. The Hall–Kier alpha value is -0.770. The van der Waals surface area contributed by atoms with Crippen LogP contribution in [0, 0.1) is 5.92 Å². The van der Waals surface area contributed by atoms with Crippen LogP contribution in [-0.4, -0.2) is 41.8 Å². The molecule has 2 heterocycles. The Morgan fingerprint density at radius 3 is 2.69 bits per heavy atom. The van der Waals surface area contributed by atoms with Crippen LogP contribution in [0.15, 0.2) is 0 Å².